The standard InChI is InChI=1S/C15H20BrClN2O.ClH/c1-2-9-19(12-5-7-18-8-6-12)15(20)13-4-3-11(16)10-14(13)17;/h3-4,10,12,18H,2,5-9H2,1H3;1H. The smallest absolute Gasteiger partial charge is 0.255 e. The van der Waals surface area contributed by atoms with Gasteiger partial charge >= 0.3 is 0 Å². The summed E-state index contributed by atoms with van der Waals surface area (Å²) in [5, 5.41) is 3.85. The molecule has 0 bridgehead atoms. The molecule has 0 aliphatic carbocycles. The van der Waals surface area contributed by atoms with Gasteiger partial charge in [0.05, 0.1) is 10.6 Å². The molecule has 1 amide bonds. The minimum atomic E-state index is 0. The highest BCUT2D eigenvalue weighted by Gasteiger charge is 2.26. The molecule has 1 N–H and O–H groups in total. The summed E-state index contributed by atoms with van der Waals surface area (Å²) in [5.41, 5.74) is 0.599. The number of amides is 1. The minimum absolute atomic E-state index is 0. The van der Waals surface area contributed by atoms with E-state index in [1.807, 2.05) is 11.0 Å². The third kappa shape index (κ3) is 4.85. The lowest BCUT2D eigenvalue weighted by atomic mass is 10.0. The van der Waals surface area contributed by atoms with Crippen LogP contribution >= 0.6 is 39.9 Å². The zero-order valence-corrected chi connectivity index (χ0v) is 15.2. The number of carbonyl (C=O) groups excluding carboxylic acids is 1. The fourth-order valence-electron chi connectivity index (χ4n) is 2.63. The molecule has 1 aromatic carbocycles. The first kappa shape index (κ1) is 18.8. The Kier molecular flexibility index (Phi) is 8.03. The molecule has 6 heteroatoms. The molecule has 1 aliphatic heterocycles. The fourth-order valence-corrected chi connectivity index (χ4v) is 3.38. The van der Waals surface area contributed by atoms with Crippen molar-refractivity contribution in [3.8, 4) is 0 Å². The van der Waals surface area contributed by atoms with Crippen LogP contribution in [0, 0.1) is 0 Å². The predicted octanol–water partition coefficient (Wildman–Crippen LogP) is 4.13. The van der Waals surface area contributed by atoms with Crippen LogP contribution in [0.25, 0.3) is 0 Å². The molecule has 0 saturated carbocycles. The number of piperidine rings is 1. The Labute approximate surface area is 146 Å². The topological polar surface area (TPSA) is 32.3 Å². The number of benzene rings is 1. The van der Waals surface area contributed by atoms with Gasteiger partial charge in [-0.05, 0) is 50.6 Å². The van der Waals surface area contributed by atoms with Gasteiger partial charge in [0.2, 0.25) is 0 Å². The predicted molar refractivity (Wildman–Crippen MR) is 93.6 cm³/mol. The van der Waals surface area contributed by atoms with Crippen LogP contribution in [0.3, 0.4) is 0 Å². The molecule has 0 aromatic heterocycles. The molecule has 118 valence electrons. The highest BCUT2D eigenvalue weighted by molar-refractivity contribution is 9.10. The van der Waals surface area contributed by atoms with E-state index in [4.69, 9.17) is 11.6 Å². The van der Waals surface area contributed by atoms with Crippen molar-refractivity contribution in [1.29, 1.82) is 0 Å². The Bertz CT molecular complexity index is 479. The second-order valence-electron chi connectivity index (χ2n) is 5.10. The third-order valence-electron chi connectivity index (χ3n) is 3.64. The molecule has 0 spiro atoms. The Morgan fingerprint density at radius 1 is 1.43 bits per heavy atom. The van der Waals surface area contributed by atoms with Crippen molar-refractivity contribution in [3.63, 3.8) is 0 Å². The van der Waals surface area contributed by atoms with E-state index in [1.165, 1.54) is 0 Å². The van der Waals surface area contributed by atoms with Gasteiger partial charge in [0, 0.05) is 17.1 Å². The van der Waals surface area contributed by atoms with Gasteiger partial charge in [0.15, 0.2) is 0 Å². The molecule has 3 nitrogen and oxygen atoms in total. The zero-order chi connectivity index (χ0) is 14.5. The molecular formula is C15H21BrCl2N2O. The lowest BCUT2D eigenvalue weighted by Crippen LogP contribution is -2.46. The molecule has 2 rings (SSSR count). The first-order valence-electron chi connectivity index (χ1n) is 7.10. The van der Waals surface area contributed by atoms with E-state index in [2.05, 4.69) is 28.2 Å². The van der Waals surface area contributed by atoms with Gasteiger partial charge in [0.25, 0.3) is 5.91 Å². The monoisotopic (exact) mass is 394 g/mol. The largest absolute Gasteiger partial charge is 0.336 e. The molecule has 1 saturated heterocycles. The molecule has 1 fully saturated rings. The van der Waals surface area contributed by atoms with Crippen LogP contribution in [-0.4, -0.2) is 36.5 Å². The van der Waals surface area contributed by atoms with E-state index in [9.17, 15) is 4.79 Å². The lowest BCUT2D eigenvalue weighted by Gasteiger charge is -2.34. The van der Waals surface area contributed by atoms with Crippen LogP contribution in [0.4, 0.5) is 0 Å². The Morgan fingerprint density at radius 3 is 2.67 bits per heavy atom. The number of nitrogens with zero attached hydrogens (tertiary/aromatic N) is 1. The van der Waals surface area contributed by atoms with E-state index >= 15 is 0 Å². The van der Waals surface area contributed by atoms with Gasteiger partial charge in [-0.15, -0.1) is 12.4 Å². The molecule has 1 aliphatic rings. The normalized spacial score (nSPS) is 15.4. The average molecular weight is 396 g/mol. The van der Waals surface area contributed by atoms with Crippen LogP contribution < -0.4 is 5.32 Å². The Morgan fingerprint density at radius 2 is 2.10 bits per heavy atom. The van der Waals surface area contributed by atoms with E-state index in [0.29, 0.717) is 16.6 Å². The van der Waals surface area contributed by atoms with Gasteiger partial charge in [-0.25, -0.2) is 0 Å². The number of rotatable bonds is 4. The van der Waals surface area contributed by atoms with Crippen molar-refractivity contribution < 1.29 is 4.79 Å². The Hall–Kier alpha value is -0.290. The van der Waals surface area contributed by atoms with Crippen molar-refractivity contribution in [2.75, 3.05) is 19.6 Å². The van der Waals surface area contributed by atoms with Crippen molar-refractivity contribution in [2.45, 2.75) is 32.2 Å². The maximum absolute atomic E-state index is 12.8. The number of hydrogen-bond acceptors (Lipinski definition) is 2. The summed E-state index contributed by atoms with van der Waals surface area (Å²) in [6.45, 7) is 4.85. The molecular weight excluding hydrogens is 375 g/mol. The molecule has 0 radical (unpaired) electrons. The van der Waals surface area contributed by atoms with E-state index in [-0.39, 0.29) is 18.3 Å². The zero-order valence-electron chi connectivity index (χ0n) is 12.1. The van der Waals surface area contributed by atoms with Crippen molar-refractivity contribution in [3.05, 3.63) is 33.3 Å². The van der Waals surface area contributed by atoms with E-state index < -0.39 is 0 Å². The van der Waals surface area contributed by atoms with Crippen LogP contribution in [0.2, 0.25) is 5.02 Å². The SMILES string of the molecule is CCCN(C(=O)c1ccc(Br)cc1Cl)C1CCNCC1.Cl. The second-order valence-corrected chi connectivity index (χ2v) is 6.43. The lowest BCUT2D eigenvalue weighted by molar-refractivity contribution is 0.0643. The van der Waals surface area contributed by atoms with Crippen molar-refractivity contribution in [1.82, 2.24) is 10.2 Å². The average Bonchev–Trinajstić information content (AvgIpc) is 2.45. The maximum Gasteiger partial charge on any atom is 0.255 e. The quantitative estimate of drug-likeness (QED) is 0.831. The van der Waals surface area contributed by atoms with Crippen molar-refractivity contribution in [2.24, 2.45) is 0 Å². The van der Waals surface area contributed by atoms with Gasteiger partial charge in [-0.3, -0.25) is 4.79 Å². The van der Waals surface area contributed by atoms with Crippen LogP contribution in [-0.2, 0) is 0 Å². The molecule has 21 heavy (non-hydrogen) atoms. The summed E-state index contributed by atoms with van der Waals surface area (Å²) in [6, 6.07) is 5.77. The summed E-state index contributed by atoms with van der Waals surface area (Å²) in [5.74, 6) is 0.0521. The van der Waals surface area contributed by atoms with Crippen molar-refractivity contribution >= 4 is 45.8 Å². The highest BCUT2D eigenvalue weighted by atomic mass is 79.9. The first-order valence-corrected chi connectivity index (χ1v) is 8.27. The number of hydrogen-bond donors (Lipinski definition) is 1. The second kappa shape index (κ2) is 8.99. The number of carbonyl (C=O) groups is 1. The summed E-state index contributed by atoms with van der Waals surface area (Å²) >= 11 is 9.59. The third-order valence-corrected chi connectivity index (χ3v) is 4.44. The molecule has 0 atom stereocenters. The maximum atomic E-state index is 12.8. The van der Waals surface area contributed by atoms with Crippen LogP contribution in [0.5, 0.6) is 0 Å². The van der Waals surface area contributed by atoms with E-state index in [0.717, 1.165) is 43.4 Å². The summed E-state index contributed by atoms with van der Waals surface area (Å²) in [4.78, 5) is 14.8. The van der Waals surface area contributed by atoms with E-state index in [1.54, 1.807) is 12.1 Å². The summed E-state index contributed by atoms with van der Waals surface area (Å²) in [6.07, 6.45) is 2.99. The fraction of sp³-hybridized carbons (Fsp3) is 0.533. The molecule has 0 unspecified atom stereocenters. The molecule has 1 aromatic rings. The minimum Gasteiger partial charge on any atom is -0.336 e. The summed E-state index contributed by atoms with van der Waals surface area (Å²) in [7, 11) is 0. The molecule has 1 heterocycles. The Balaban J connectivity index is 0.00000220. The van der Waals surface area contributed by atoms with Gasteiger partial charge in [0.1, 0.15) is 0 Å². The van der Waals surface area contributed by atoms with Crippen LogP contribution in [0.15, 0.2) is 22.7 Å². The van der Waals surface area contributed by atoms with Crippen LogP contribution in [0.1, 0.15) is 36.5 Å². The first-order chi connectivity index (χ1) is 9.63. The van der Waals surface area contributed by atoms with Gasteiger partial charge in [-0.2, -0.15) is 0 Å². The van der Waals surface area contributed by atoms with Gasteiger partial charge in [-0.1, -0.05) is 34.5 Å². The number of halogens is 3. The highest BCUT2D eigenvalue weighted by Crippen LogP contribution is 2.24. The van der Waals surface area contributed by atoms with Gasteiger partial charge < -0.3 is 10.2 Å². The summed E-state index contributed by atoms with van der Waals surface area (Å²) < 4.78 is 0.892. The number of nitrogens with one attached hydrogen (secondary N) is 1.